The molecule has 2 heterocycles. The van der Waals surface area contributed by atoms with Crippen LogP contribution in [0.4, 0.5) is 0 Å². The van der Waals surface area contributed by atoms with Crippen molar-refractivity contribution in [2.24, 2.45) is 11.7 Å². The van der Waals surface area contributed by atoms with E-state index in [1.165, 1.54) is 0 Å². The Bertz CT molecular complexity index is 708. The molecule has 2 rings (SSSR count). The van der Waals surface area contributed by atoms with E-state index in [1.54, 1.807) is 11.8 Å². The maximum Gasteiger partial charge on any atom is 0.326 e. The molecule has 4 amide bonds. The number of carboxylic acids is 1. The fraction of sp³-hybridized carbons (Fsp3) is 0.750. The normalized spacial score (nSPS) is 23.6. The zero-order chi connectivity index (χ0) is 23.1. The van der Waals surface area contributed by atoms with E-state index in [2.05, 4.69) is 16.0 Å². The lowest BCUT2D eigenvalue weighted by Gasteiger charge is -2.30. The summed E-state index contributed by atoms with van der Waals surface area (Å²) >= 11 is 0. The van der Waals surface area contributed by atoms with Gasteiger partial charge in [0.15, 0.2) is 0 Å². The number of carbonyl (C=O) groups is 5. The highest BCUT2D eigenvalue weighted by molar-refractivity contribution is 5.95. The number of nitrogens with zero attached hydrogens (tertiary/aromatic N) is 1. The number of carboxylic acid groups (broad SMARTS) is 1. The maximum atomic E-state index is 13.0. The van der Waals surface area contributed by atoms with Crippen LogP contribution in [0.1, 0.15) is 52.4 Å². The summed E-state index contributed by atoms with van der Waals surface area (Å²) in [6.07, 6.45) is 2.83. The van der Waals surface area contributed by atoms with Crippen molar-refractivity contribution in [3.05, 3.63) is 0 Å². The summed E-state index contributed by atoms with van der Waals surface area (Å²) < 4.78 is 0. The van der Waals surface area contributed by atoms with Crippen LogP contribution in [0.5, 0.6) is 0 Å². The van der Waals surface area contributed by atoms with Gasteiger partial charge in [-0.3, -0.25) is 19.2 Å². The second-order valence-corrected chi connectivity index (χ2v) is 8.28. The summed E-state index contributed by atoms with van der Waals surface area (Å²) in [5.41, 5.74) is 5.06. The molecular formula is C20H33N5O6. The molecule has 11 heteroatoms. The lowest BCUT2D eigenvalue weighted by atomic mass is 9.97. The van der Waals surface area contributed by atoms with Gasteiger partial charge in [-0.15, -0.1) is 0 Å². The first-order chi connectivity index (χ1) is 14.6. The van der Waals surface area contributed by atoms with Crippen LogP contribution >= 0.6 is 0 Å². The molecule has 5 unspecified atom stereocenters. The lowest BCUT2D eigenvalue weighted by Crippen LogP contribution is -2.58. The highest BCUT2D eigenvalue weighted by Crippen LogP contribution is 2.21. The van der Waals surface area contributed by atoms with Gasteiger partial charge in [0.05, 0.1) is 12.5 Å². The third-order valence-corrected chi connectivity index (χ3v) is 6.01. The Labute approximate surface area is 181 Å². The van der Waals surface area contributed by atoms with Gasteiger partial charge in [0.25, 0.3) is 0 Å². The molecule has 11 nitrogen and oxygen atoms in total. The second-order valence-electron chi connectivity index (χ2n) is 8.28. The van der Waals surface area contributed by atoms with Gasteiger partial charge >= 0.3 is 5.97 Å². The molecule has 2 aliphatic heterocycles. The number of primary amides is 1. The second kappa shape index (κ2) is 11.1. The molecule has 2 fully saturated rings. The summed E-state index contributed by atoms with van der Waals surface area (Å²) in [6.45, 7) is 4.85. The molecule has 0 saturated carbocycles. The molecule has 0 aromatic heterocycles. The Morgan fingerprint density at radius 1 is 1.16 bits per heavy atom. The Morgan fingerprint density at radius 3 is 2.42 bits per heavy atom. The van der Waals surface area contributed by atoms with Crippen molar-refractivity contribution in [3.8, 4) is 0 Å². The molecular weight excluding hydrogens is 406 g/mol. The number of nitrogens with one attached hydrogen (secondary N) is 3. The molecule has 0 radical (unpaired) electrons. The number of carbonyl (C=O) groups excluding carboxylic acids is 4. The molecule has 0 aromatic carbocycles. The molecule has 5 atom stereocenters. The molecule has 0 bridgehead atoms. The minimum atomic E-state index is -1.48. The van der Waals surface area contributed by atoms with Gasteiger partial charge in [-0.05, 0) is 38.1 Å². The largest absolute Gasteiger partial charge is 0.480 e. The highest BCUT2D eigenvalue weighted by Gasteiger charge is 2.40. The Balaban J connectivity index is 2.09. The van der Waals surface area contributed by atoms with Crippen molar-refractivity contribution in [2.45, 2.75) is 76.5 Å². The third kappa shape index (κ3) is 6.39. The van der Waals surface area contributed by atoms with E-state index in [1.807, 2.05) is 6.92 Å². The smallest absolute Gasteiger partial charge is 0.326 e. The number of hydrogen-bond acceptors (Lipinski definition) is 6. The highest BCUT2D eigenvalue weighted by atomic mass is 16.4. The fourth-order valence-electron chi connectivity index (χ4n) is 4.01. The fourth-order valence-corrected chi connectivity index (χ4v) is 4.01. The van der Waals surface area contributed by atoms with Crippen LogP contribution in [-0.2, 0) is 24.0 Å². The first-order valence-electron chi connectivity index (χ1n) is 10.8. The Kier molecular flexibility index (Phi) is 8.78. The Hall–Kier alpha value is -2.69. The quantitative estimate of drug-likeness (QED) is 0.282. The predicted molar refractivity (Wildman–Crippen MR) is 111 cm³/mol. The molecule has 2 saturated heterocycles. The first-order valence-corrected chi connectivity index (χ1v) is 10.8. The molecule has 0 aromatic rings. The predicted octanol–water partition coefficient (Wildman–Crippen LogP) is -1.29. The minimum Gasteiger partial charge on any atom is -0.480 e. The van der Waals surface area contributed by atoms with Crippen molar-refractivity contribution in [1.82, 2.24) is 20.9 Å². The lowest BCUT2D eigenvalue weighted by molar-refractivity contribution is -0.144. The maximum absolute atomic E-state index is 13.0. The minimum absolute atomic E-state index is 0.105. The molecule has 2 aliphatic rings. The Morgan fingerprint density at radius 2 is 1.87 bits per heavy atom. The average Bonchev–Trinajstić information content (AvgIpc) is 3.41. The van der Waals surface area contributed by atoms with Gasteiger partial charge in [0.1, 0.15) is 18.1 Å². The first kappa shape index (κ1) is 24.6. The van der Waals surface area contributed by atoms with Crippen LogP contribution in [0, 0.1) is 5.92 Å². The van der Waals surface area contributed by atoms with Crippen molar-refractivity contribution >= 4 is 29.6 Å². The van der Waals surface area contributed by atoms with Gasteiger partial charge < -0.3 is 31.7 Å². The van der Waals surface area contributed by atoms with Gasteiger partial charge in [0, 0.05) is 6.54 Å². The molecule has 31 heavy (non-hydrogen) atoms. The molecule has 6 N–H and O–H groups in total. The summed E-state index contributed by atoms with van der Waals surface area (Å²) in [4.78, 5) is 62.6. The zero-order valence-electron chi connectivity index (χ0n) is 18.1. The average molecular weight is 440 g/mol. The summed E-state index contributed by atoms with van der Waals surface area (Å²) in [5, 5.41) is 17.4. The molecule has 174 valence electrons. The van der Waals surface area contributed by atoms with Gasteiger partial charge in [-0.1, -0.05) is 20.3 Å². The number of hydrogen-bond donors (Lipinski definition) is 5. The van der Waals surface area contributed by atoms with Crippen LogP contribution in [0.25, 0.3) is 0 Å². The van der Waals surface area contributed by atoms with E-state index < -0.39 is 48.2 Å². The SMILES string of the molecule is CCC(C)C(NC(=O)C1CCCN1C(=O)C1CCCN1)C(=O)NC(CC(N)=O)C(=O)O. The van der Waals surface area contributed by atoms with E-state index >= 15 is 0 Å². The summed E-state index contributed by atoms with van der Waals surface area (Å²) in [5.74, 6) is -3.80. The van der Waals surface area contributed by atoms with E-state index in [0.717, 1.165) is 19.4 Å². The van der Waals surface area contributed by atoms with Crippen molar-refractivity contribution in [2.75, 3.05) is 13.1 Å². The monoisotopic (exact) mass is 439 g/mol. The van der Waals surface area contributed by atoms with Crippen LogP contribution in [0.15, 0.2) is 0 Å². The summed E-state index contributed by atoms with van der Waals surface area (Å²) in [6, 6.07) is -3.44. The van der Waals surface area contributed by atoms with Gasteiger partial charge in [0.2, 0.25) is 23.6 Å². The van der Waals surface area contributed by atoms with E-state index in [-0.39, 0.29) is 17.9 Å². The zero-order valence-corrected chi connectivity index (χ0v) is 18.1. The number of likely N-dealkylation sites (tertiary alicyclic amines) is 1. The van der Waals surface area contributed by atoms with E-state index in [9.17, 15) is 29.1 Å². The van der Waals surface area contributed by atoms with Crippen molar-refractivity contribution in [3.63, 3.8) is 0 Å². The number of nitrogens with two attached hydrogens (primary N) is 1. The van der Waals surface area contributed by atoms with Crippen LogP contribution in [0.3, 0.4) is 0 Å². The number of aliphatic carboxylic acids is 1. The topological polar surface area (TPSA) is 171 Å². The number of amides is 4. The van der Waals surface area contributed by atoms with E-state index in [0.29, 0.717) is 25.8 Å². The van der Waals surface area contributed by atoms with Gasteiger partial charge in [-0.2, -0.15) is 0 Å². The molecule has 0 spiro atoms. The van der Waals surface area contributed by atoms with Gasteiger partial charge in [-0.25, -0.2) is 4.79 Å². The number of rotatable bonds is 10. The van der Waals surface area contributed by atoms with Crippen molar-refractivity contribution < 1.29 is 29.1 Å². The standard InChI is InChI=1S/C20H33N5O6/c1-3-11(2)16(18(28)23-13(20(30)31)10-15(21)26)24-17(27)14-7-5-9-25(14)19(29)12-6-4-8-22-12/h11-14,16,22H,3-10H2,1-2H3,(H2,21,26)(H,23,28)(H,24,27)(H,30,31). The van der Waals surface area contributed by atoms with Crippen molar-refractivity contribution in [1.29, 1.82) is 0 Å². The van der Waals surface area contributed by atoms with Crippen LogP contribution in [0.2, 0.25) is 0 Å². The molecule has 0 aliphatic carbocycles. The third-order valence-electron chi connectivity index (χ3n) is 6.01. The van der Waals surface area contributed by atoms with Crippen LogP contribution < -0.4 is 21.7 Å². The van der Waals surface area contributed by atoms with Crippen LogP contribution in [-0.4, -0.2) is 76.9 Å². The summed E-state index contributed by atoms with van der Waals surface area (Å²) in [7, 11) is 0. The van der Waals surface area contributed by atoms with E-state index in [4.69, 9.17) is 5.73 Å².